The van der Waals surface area contributed by atoms with Gasteiger partial charge in [-0.1, -0.05) is 0 Å². The molecule has 7 heteroatoms. The van der Waals surface area contributed by atoms with E-state index >= 15 is 0 Å². The van der Waals surface area contributed by atoms with Crippen molar-refractivity contribution in [1.82, 2.24) is 4.98 Å². The molecule has 0 N–H and O–H groups in total. The maximum atomic E-state index is 11.7. The Morgan fingerprint density at radius 2 is 2.16 bits per heavy atom. The number of aldehydes is 1. The highest BCUT2D eigenvalue weighted by Crippen LogP contribution is 2.19. The number of carbonyl (C=O) groups excluding carboxylic acids is 3. The minimum absolute atomic E-state index is 0.0771. The number of methoxy groups -OCH3 is 1. The molecule has 0 bridgehead atoms. The number of ether oxygens (including phenoxy) is 3. The van der Waals surface area contributed by atoms with Crippen molar-refractivity contribution in [2.45, 2.75) is 6.92 Å². The van der Waals surface area contributed by atoms with Crippen LogP contribution >= 0.6 is 0 Å². The zero-order chi connectivity index (χ0) is 14.3. The zero-order valence-electron chi connectivity index (χ0n) is 10.5. The summed E-state index contributed by atoms with van der Waals surface area (Å²) in [6.07, 6.45) is 1.78. The molecule has 0 amide bonds. The second-order valence-corrected chi connectivity index (χ2v) is 3.28. The van der Waals surface area contributed by atoms with Crippen LogP contribution in [0.4, 0.5) is 0 Å². The quantitative estimate of drug-likeness (QED) is 0.551. The highest BCUT2D eigenvalue weighted by atomic mass is 16.6. The van der Waals surface area contributed by atoms with Crippen molar-refractivity contribution in [2.75, 3.05) is 20.3 Å². The minimum atomic E-state index is -0.738. The van der Waals surface area contributed by atoms with Gasteiger partial charge in [-0.05, 0) is 13.0 Å². The van der Waals surface area contributed by atoms with Crippen molar-refractivity contribution in [3.05, 3.63) is 23.4 Å². The first-order valence-electron chi connectivity index (χ1n) is 5.45. The van der Waals surface area contributed by atoms with Gasteiger partial charge in [0.2, 0.25) is 5.88 Å². The van der Waals surface area contributed by atoms with E-state index in [0.29, 0.717) is 6.29 Å². The van der Waals surface area contributed by atoms with Gasteiger partial charge in [-0.15, -0.1) is 0 Å². The molecule has 102 valence electrons. The Bertz CT molecular complexity index is 485. The molecular weight excluding hydrogens is 254 g/mol. The van der Waals surface area contributed by atoms with E-state index in [-0.39, 0.29) is 23.6 Å². The number of hydrogen-bond acceptors (Lipinski definition) is 7. The monoisotopic (exact) mass is 267 g/mol. The van der Waals surface area contributed by atoms with Crippen LogP contribution in [0.15, 0.2) is 12.3 Å². The summed E-state index contributed by atoms with van der Waals surface area (Å²) in [5, 5.41) is 0. The molecule has 1 heterocycles. The van der Waals surface area contributed by atoms with Gasteiger partial charge in [-0.25, -0.2) is 14.6 Å². The summed E-state index contributed by atoms with van der Waals surface area (Å²) in [7, 11) is 1.20. The van der Waals surface area contributed by atoms with Crippen LogP contribution in [0, 0.1) is 0 Å². The van der Waals surface area contributed by atoms with Crippen molar-refractivity contribution in [3.8, 4) is 5.88 Å². The normalized spacial score (nSPS) is 9.58. The second-order valence-electron chi connectivity index (χ2n) is 3.28. The smallest absolute Gasteiger partial charge is 0.344 e. The van der Waals surface area contributed by atoms with Crippen molar-refractivity contribution in [2.24, 2.45) is 0 Å². The molecule has 0 saturated carbocycles. The van der Waals surface area contributed by atoms with Crippen LogP contribution in [0.5, 0.6) is 5.88 Å². The van der Waals surface area contributed by atoms with E-state index in [1.165, 1.54) is 19.4 Å². The van der Waals surface area contributed by atoms with Crippen molar-refractivity contribution in [3.63, 3.8) is 0 Å². The number of aromatic nitrogens is 1. The van der Waals surface area contributed by atoms with Gasteiger partial charge in [0.25, 0.3) is 0 Å². The van der Waals surface area contributed by atoms with Gasteiger partial charge in [-0.2, -0.15) is 0 Å². The summed E-state index contributed by atoms with van der Waals surface area (Å²) in [4.78, 5) is 37.4. The average molecular weight is 267 g/mol. The fourth-order valence-corrected chi connectivity index (χ4v) is 1.26. The number of carbonyl (C=O) groups is 3. The molecule has 1 aromatic rings. The van der Waals surface area contributed by atoms with Gasteiger partial charge in [0.05, 0.1) is 13.7 Å². The predicted octanol–water partition coefficient (Wildman–Crippen LogP) is 0.623. The van der Waals surface area contributed by atoms with Gasteiger partial charge in [0.15, 0.2) is 12.9 Å². The standard InChI is InChI=1S/C12H13NO6/c1-3-18-12(16)10-8(6-14)4-5-13-11(10)19-7-9(15)17-2/h4-6H,3,7H2,1-2H3. The minimum Gasteiger partial charge on any atom is -0.466 e. The van der Waals surface area contributed by atoms with E-state index in [1.807, 2.05) is 0 Å². The van der Waals surface area contributed by atoms with Crippen molar-refractivity contribution < 1.29 is 28.6 Å². The molecule has 0 saturated heterocycles. The molecule has 0 aliphatic carbocycles. The molecule has 0 fully saturated rings. The molecule has 1 aromatic heterocycles. The SMILES string of the molecule is CCOC(=O)c1c(C=O)ccnc1OCC(=O)OC. The van der Waals surface area contributed by atoms with Crippen LogP contribution in [-0.4, -0.2) is 43.5 Å². The van der Waals surface area contributed by atoms with Crippen LogP contribution in [0.1, 0.15) is 27.6 Å². The lowest BCUT2D eigenvalue weighted by Crippen LogP contribution is -2.17. The number of hydrogen-bond donors (Lipinski definition) is 0. The van der Waals surface area contributed by atoms with E-state index in [0.717, 1.165) is 0 Å². The van der Waals surface area contributed by atoms with Crippen LogP contribution in [0.3, 0.4) is 0 Å². The predicted molar refractivity (Wildman–Crippen MR) is 63.1 cm³/mol. The van der Waals surface area contributed by atoms with Crippen LogP contribution in [-0.2, 0) is 14.3 Å². The van der Waals surface area contributed by atoms with E-state index in [9.17, 15) is 14.4 Å². The Morgan fingerprint density at radius 1 is 1.42 bits per heavy atom. The van der Waals surface area contributed by atoms with Crippen molar-refractivity contribution in [1.29, 1.82) is 0 Å². The molecular formula is C12H13NO6. The summed E-state index contributed by atoms with van der Waals surface area (Å²) >= 11 is 0. The second kappa shape index (κ2) is 7.10. The summed E-state index contributed by atoms with van der Waals surface area (Å²) < 4.78 is 14.3. The molecule has 0 spiro atoms. The van der Waals surface area contributed by atoms with E-state index < -0.39 is 18.5 Å². The molecule has 7 nitrogen and oxygen atoms in total. The third-order valence-corrected chi connectivity index (χ3v) is 2.11. The molecule has 0 unspecified atom stereocenters. The van der Waals surface area contributed by atoms with Crippen LogP contribution < -0.4 is 4.74 Å². The maximum absolute atomic E-state index is 11.7. The lowest BCUT2D eigenvalue weighted by Gasteiger charge is -2.10. The molecule has 1 rings (SSSR count). The Morgan fingerprint density at radius 3 is 2.74 bits per heavy atom. The summed E-state index contributed by atoms with van der Waals surface area (Å²) in [6, 6.07) is 1.35. The topological polar surface area (TPSA) is 91.8 Å². The largest absolute Gasteiger partial charge is 0.466 e. The molecule has 0 aliphatic heterocycles. The van der Waals surface area contributed by atoms with Crippen LogP contribution in [0.25, 0.3) is 0 Å². The summed E-state index contributed by atoms with van der Waals surface area (Å²) in [5.74, 6) is -1.51. The first kappa shape index (κ1) is 14.6. The Hall–Kier alpha value is -2.44. The van der Waals surface area contributed by atoms with Gasteiger partial charge in [0.1, 0.15) is 5.56 Å². The zero-order valence-corrected chi connectivity index (χ0v) is 10.5. The van der Waals surface area contributed by atoms with Crippen LogP contribution in [0.2, 0.25) is 0 Å². The Balaban J connectivity index is 3.05. The Labute approximate surface area is 109 Å². The molecule has 0 aromatic carbocycles. The molecule has 0 radical (unpaired) electrons. The lowest BCUT2D eigenvalue weighted by molar-refractivity contribution is -0.143. The first-order chi connectivity index (χ1) is 9.13. The highest BCUT2D eigenvalue weighted by Gasteiger charge is 2.20. The average Bonchev–Trinajstić information content (AvgIpc) is 2.44. The van der Waals surface area contributed by atoms with E-state index in [1.54, 1.807) is 6.92 Å². The van der Waals surface area contributed by atoms with E-state index in [2.05, 4.69) is 9.72 Å². The molecule has 0 atom stereocenters. The number of rotatable bonds is 6. The third-order valence-electron chi connectivity index (χ3n) is 2.11. The Kier molecular flexibility index (Phi) is 5.46. The van der Waals surface area contributed by atoms with Gasteiger partial charge >= 0.3 is 11.9 Å². The lowest BCUT2D eigenvalue weighted by atomic mass is 10.1. The van der Waals surface area contributed by atoms with Crippen molar-refractivity contribution >= 4 is 18.2 Å². The summed E-state index contributed by atoms with van der Waals surface area (Å²) in [5.41, 5.74) is -0.0310. The fraction of sp³-hybridized carbons (Fsp3) is 0.333. The first-order valence-corrected chi connectivity index (χ1v) is 5.45. The van der Waals surface area contributed by atoms with Gasteiger partial charge in [0, 0.05) is 11.8 Å². The maximum Gasteiger partial charge on any atom is 0.344 e. The summed E-state index contributed by atoms with van der Waals surface area (Å²) in [6.45, 7) is 1.35. The molecule has 0 aliphatic rings. The number of pyridine rings is 1. The number of esters is 2. The van der Waals surface area contributed by atoms with Gasteiger partial charge in [-0.3, -0.25) is 4.79 Å². The van der Waals surface area contributed by atoms with Gasteiger partial charge < -0.3 is 14.2 Å². The number of nitrogens with zero attached hydrogens (tertiary/aromatic N) is 1. The highest BCUT2D eigenvalue weighted by molar-refractivity contribution is 6.00. The fourth-order valence-electron chi connectivity index (χ4n) is 1.26. The van der Waals surface area contributed by atoms with E-state index in [4.69, 9.17) is 9.47 Å². The molecule has 19 heavy (non-hydrogen) atoms. The third kappa shape index (κ3) is 3.77.